The lowest BCUT2D eigenvalue weighted by Gasteiger charge is -2.36. The van der Waals surface area contributed by atoms with E-state index in [0.29, 0.717) is 19.6 Å². The van der Waals surface area contributed by atoms with E-state index in [4.69, 9.17) is 0 Å². The number of benzene rings is 1. The molecule has 2 amide bonds. The minimum absolute atomic E-state index is 0.0296. The summed E-state index contributed by atoms with van der Waals surface area (Å²) in [5.41, 5.74) is 1.25. The fraction of sp³-hybridized carbons (Fsp3) is 0.368. The van der Waals surface area contributed by atoms with E-state index >= 15 is 0 Å². The first-order chi connectivity index (χ1) is 12.0. The molecule has 1 aliphatic rings. The number of pyridine rings is 1. The fourth-order valence-electron chi connectivity index (χ4n) is 2.80. The summed E-state index contributed by atoms with van der Waals surface area (Å²) >= 11 is 0. The number of hydrogen-bond acceptors (Lipinski definition) is 3. The van der Waals surface area contributed by atoms with Crippen LogP contribution in [0.15, 0.2) is 53.5 Å². The second-order valence-electron chi connectivity index (χ2n) is 6.60. The topological polar surface area (TPSA) is 83.4 Å². The second-order valence-corrected chi connectivity index (χ2v) is 6.60. The molecule has 1 aliphatic carbocycles. The van der Waals surface area contributed by atoms with Crippen molar-refractivity contribution < 1.29 is 9.90 Å². The highest BCUT2D eigenvalue weighted by atomic mass is 16.3. The molecule has 6 nitrogen and oxygen atoms in total. The molecule has 0 spiro atoms. The Hall–Kier alpha value is -2.60. The summed E-state index contributed by atoms with van der Waals surface area (Å²) in [5.74, 6) is 0. The van der Waals surface area contributed by atoms with Crippen LogP contribution in [0.4, 0.5) is 4.79 Å². The molecule has 2 aromatic rings. The van der Waals surface area contributed by atoms with Gasteiger partial charge in [-0.2, -0.15) is 0 Å². The lowest BCUT2D eigenvalue weighted by molar-refractivity contribution is -0.0290. The van der Waals surface area contributed by atoms with E-state index in [9.17, 15) is 14.7 Å². The number of nitrogens with zero attached hydrogens (tertiary/aromatic N) is 1. The summed E-state index contributed by atoms with van der Waals surface area (Å²) in [7, 11) is 0. The Bertz CT molecular complexity index is 779. The Morgan fingerprint density at radius 1 is 1.08 bits per heavy atom. The molecular weight excluding hydrogens is 318 g/mol. The molecule has 1 aromatic heterocycles. The molecule has 6 heteroatoms. The summed E-state index contributed by atoms with van der Waals surface area (Å²) in [6.07, 6.45) is 4.28. The van der Waals surface area contributed by atoms with E-state index in [1.54, 1.807) is 16.8 Å². The largest absolute Gasteiger partial charge is 0.388 e. The number of aliphatic hydroxyl groups is 1. The quantitative estimate of drug-likeness (QED) is 0.746. The lowest BCUT2D eigenvalue weighted by atomic mass is 9.80. The van der Waals surface area contributed by atoms with Crippen molar-refractivity contribution >= 4 is 6.03 Å². The molecule has 25 heavy (non-hydrogen) atoms. The molecule has 0 saturated heterocycles. The van der Waals surface area contributed by atoms with Crippen molar-refractivity contribution in [1.29, 1.82) is 0 Å². The molecule has 0 bridgehead atoms. The molecule has 1 heterocycles. The molecule has 0 atom stereocenters. The minimum atomic E-state index is -0.714. The van der Waals surface area contributed by atoms with Gasteiger partial charge in [-0.3, -0.25) is 4.79 Å². The van der Waals surface area contributed by atoms with Crippen LogP contribution in [0.1, 0.15) is 30.4 Å². The van der Waals surface area contributed by atoms with Gasteiger partial charge in [0.25, 0.3) is 5.56 Å². The van der Waals surface area contributed by atoms with Crippen LogP contribution in [0, 0.1) is 0 Å². The number of carbonyl (C=O) groups excluding carboxylic acids is 1. The van der Waals surface area contributed by atoms with Gasteiger partial charge in [0.15, 0.2) is 0 Å². The number of aromatic nitrogens is 1. The number of carbonyl (C=O) groups is 1. The van der Waals surface area contributed by atoms with Crippen LogP contribution in [0.3, 0.4) is 0 Å². The Morgan fingerprint density at radius 2 is 1.80 bits per heavy atom. The van der Waals surface area contributed by atoms with Gasteiger partial charge in [-0.05, 0) is 36.5 Å². The molecule has 3 rings (SSSR count). The zero-order chi connectivity index (χ0) is 17.7. The molecule has 1 aromatic carbocycles. The third kappa shape index (κ3) is 4.70. The van der Waals surface area contributed by atoms with Gasteiger partial charge in [-0.25, -0.2) is 4.79 Å². The summed E-state index contributed by atoms with van der Waals surface area (Å²) in [6.45, 7) is 1.23. The predicted molar refractivity (Wildman–Crippen MR) is 95.3 cm³/mol. The standard InChI is InChI=1S/C19H23N3O3/c23-17-4-1-2-11-22(17)13-16-7-5-15(6-8-16)12-20-18(24)21-14-19(25)9-3-10-19/h1-2,4-8,11,25H,3,9-10,12-14H2,(H2,20,21,24). The molecule has 3 N–H and O–H groups in total. The highest BCUT2D eigenvalue weighted by Crippen LogP contribution is 2.30. The summed E-state index contributed by atoms with van der Waals surface area (Å²) in [5, 5.41) is 15.4. The third-order valence-corrected chi connectivity index (χ3v) is 4.59. The van der Waals surface area contributed by atoms with Crippen molar-refractivity contribution in [1.82, 2.24) is 15.2 Å². The van der Waals surface area contributed by atoms with Gasteiger partial charge in [-0.15, -0.1) is 0 Å². The number of urea groups is 1. The van der Waals surface area contributed by atoms with Crippen molar-refractivity contribution in [3.05, 3.63) is 70.1 Å². The van der Waals surface area contributed by atoms with Crippen molar-refractivity contribution in [2.24, 2.45) is 0 Å². The molecular formula is C19H23N3O3. The van der Waals surface area contributed by atoms with Crippen LogP contribution in [-0.4, -0.2) is 27.9 Å². The average molecular weight is 341 g/mol. The maximum absolute atomic E-state index is 11.8. The molecule has 0 radical (unpaired) electrons. The lowest BCUT2D eigenvalue weighted by Crippen LogP contribution is -2.49. The van der Waals surface area contributed by atoms with E-state index in [1.165, 1.54) is 6.07 Å². The monoisotopic (exact) mass is 341 g/mol. The first kappa shape index (κ1) is 17.2. The molecule has 0 aliphatic heterocycles. The fourth-order valence-corrected chi connectivity index (χ4v) is 2.80. The zero-order valence-corrected chi connectivity index (χ0v) is 14.1. The number of hydrogen-bond donors (Lipinski definition) is 3. The van der Waals surface area contributed by atoms with Gasteiger partial charge in [0.05, 0.1) is 12.1 Å². The van der Waals surface area contributed by atoms with Gasteiger partial charge in [0.1, 0.15) is 0 Å². The molecule has 0 unspecified atom stereocenters. The summed E-state index contributed by atoms with van der Waals surface area (Å²) < 4.78 is 1.64. The van der Waals surface area contributed by atoms with Crippen LogP contribution in [0.5, 0.6) is 0 Å². The minimum Gasteiger partial charge on any atom is -0.388 e. The van der Waals surface area contributed by atoms with Crippen LogP contribution in [0.25, 0.3) is 0 Å². The van der Waals surface area contributed by atoms with Gasteiger partial charge < -0.3 is 20.3 Å². The van der Waals surface area contributed by atoms with E-state index in [2.05, 4.69) is 10.6 Å². The first-order valence-corrected chi connectivity index (χ1v) is 8.51. The Kier molecular flexibility index (Phi) is 5.19. The van der Waals surface area contributed by atoms with E-state index in [-0.39, 0.29) is 11.6 Å². The SMILES string of the molecule is O=C(NCc1ccc(Cn2ccccc2=O)cc1)NCC1(O)CCC1. The first-order valence-electron chi connectivity index (χ1n) is 8.51. The Labute approximate surface area is 146 Å². The van der Waals surface area contributed by atoms with Crippen LogP contribution in [-0.2, 0) is 13.1 Å². The zero-order valence-electron chi connectivity index (χ0n) is 14.1. The third-order valence-electron chi connectivity index (χ3n) is 4.59. The second kappa shape index (κ2) is 7.53. The molecule has 1 saturated carbocycles. The van der Waals surface area contributed by atoms with Crippen LogP contribution in [0.2, 0.25) is 0 Å². The molecule has 1 fully saturated rings. The maximum Gasteiger partial charge on any atom is 0.315 e. The number of nitrogens with one attached hydrogen (secondary N) is 2. The van der Waals surface area contributed by atoms with Crippen molar-refractivity contribution in [3.63, 3.8) is 0 Å². The Balaban J connectivity index is 1.46. The van der Waals surface area contributed by atoms with Crippen molar-refractivity contribution in [2.75, 3.05) is 6.54 Å². The number of rotatable bonds is 6. The Morgan fingerprint density at radius 3 is 2.44 bits per heavy atom. The smallest absolute Gasteiger partial charge is 0.315 e. The van der Waals surface area contributed by atoms with Gasteiger partial charge in [0.2, 0.25) is 0 Å². The normalized spacial score (nSPS) is 15.2. The van der Waals surface area contributed by atoms with Gasteiger partial charge in [0, 0.05) is 25.4 Å². The van der Waals surface area contributed by atoms with Crippen molar-refractivity contribution in [2.45, 2.75) is 38.0 Å². The van der Waals surface area contributed by atoms with Crippen LogP contribution < -0.4 is 16.2 Å². The highest BCUT2D eigenvalue weighted by Gasteiger charge is 2.34. The maximum atomic E-state index is 11.8. The summed E-state index contributed by atoms with van der Waals surface area (Å²) in [4.78, 5) is 23.5. The van der Waals surface area contributed by atoms with Crippen molar-refractivity contribution in [3.8, 4) is 0 Å². The van der Waals surface area contributed by atoms with Gasteiger partial charge >= 0.3 is 6.03 Å². The van der Waals surface area contributed by atoms with E-state index in [1.807, 2.05) is 30.3 Å². The summed E-state index contributed by atoms with van der Waals surface area (Å²) in [6, 6.07) is 12.6. The van der Waals surface area contributed by atoms with Crippen LogP contribution >= 0.6 is 0 Å². The predicted octanol–water partition coefficient (Wildman–Crippen LogP) is 1.61. The average Bonchev–Trinajstić information content (AvgIpc) is 2.59. The number of amides is 2. The highest BCUT2D eigenvalue weighted by molar-refractivity contribution is 5.73. The van der Waals surface area contributed by atoms with E-state index in [0.717, 1.165) is 30.4 Å². The molecule has 132 valence electrons. The van der Waals surface area contributed by atoms with Gasteiger partial charge in [-0.1, -0.05) is 30.3 Å². The van der Waals surface area contributed by atoms with E-state index < -0.39 is 5.60 Å².